The summed E-state index contributed by atoms with van der Waals surface area (Å²) in [6.07, 6.45) is 3.01. The van der Waals surface area contributed by atoms with Crippen LogP contribution in [-0.4, -0.2) is 41.8 Å². The molecule has 3 N–H and O–H groups in total. The van der Waals surface area contributed by atoms with E-state index in [1.807, 2.05) is 24.0 Å². The first-order valence-electron chi connectivity index (χ1n) is 7.72. The lowest BCUT2D eigenvalue weighted by Crippen LogP contribution is -2.35. The van der Waals surface area contributed by atoms with E-state index in [2.05, 4.69) is 10.3 Å². The summed E-state index contributed by atoms with van der Waals surface area (Å²) in [5, 5.41) is 2.63. The summed E-state index contributed by atoms with van der Waals surface area (Å²) < 4.78 is 0. The Hall–Kier alpha value is -1.95. The SMILES string of the molecule is CNC(=O)CCc1cc(C)nc(C2CCCN2C(=O)CN)c1. The van der Waals surface area contributed by atoms with Gasteiger partial charge in [0.2, 0.25) is 11.8 Å². The summed E-state index contributed by atoms with van der Waals surface area (Å²) in [4.78, 5) is 29.8. The van der Waals surface area contributed by atoms with Crippen molar-refractivity contribution in [1.82, 2.24) is 15.2 Å². The fourth-order valence-corrected chi connectivity index (χ4v) is 2.96. The summed E-state index contributed by atoms with van der Waals surface area (Å²) in [7, 11) is 1.64. The number of pyridine rings is 1. The first-order valence-corrected chi connectivity index (χ1v) is 7.72. The Balaban J connectivity index is 2.18. The molecule has 1 unspecified atom stereocenters. The summed E-state index contributed by atoms with van der Waals surface area (Å²) in [5.41, 5.74) is 8.40. The van der Waals surface area contributed by atoms with Gasteiger partial charge in [-0.3, -0.25) is 14.6 Å². The van der Waals surface area contributed by atoms with Crippen molar-refractivity contribution in [2.75, 3.05) is 20.1 Å². The van der Waals surface area contributed by atoms with Crippen LogP contribution in [0, 0.1) is 6.92 Å². The molecule has 6 heteroatoms. The lowest BCUT2D eigenvalue weighted by molar-refractivity contribution is -0.130. The Bertz CT molecular complexity index is 559. The van der Waals surface area contributed by atoms with Gasteiger partial charge in [0, 0.05) is 25.7 Å². The number of nitrogens with zero attached hydrogens (tertiary/aromatic N) is 2. The lowest BCUT2D eigenvalue weighted by atomic mass is 10.0. The molecule has 1 aromatic heterocycles. The van der Waals surface area contributed by atoms with Crippen LogP contribution in [0.2, 0.25) is 0 Å². The van der Waals surface area contributed by atoms with Crippen LogP contribution in [0.3, 0.4) is 0 Å². The average Bonchev–Trinajstić information content (AvgIpc) is 3.00. The normalized spacial score (nSPS) is 17.6. The lowest BCUT2D eigenvalue weighted by Gasteiger charge is -2.24. The van der Waals surface area contributed by atoms with Gasteiger partial charge in [-0.2, -0.15) is 0 Å². The number of aromatic nitrogens is 1. The molecule has 1 aliphatic rings. The third-order valence-electron chi connectivity index (χ3n) is 4.04. The van der Waals surface area contributed by atoms with Crippen LogP contribution in [0.5, 0.6) is 0 Å². The number of likely N-dealkylation sites (tertiary alicyclic amines) is 1. The fraction of sp³-hybridized carbons (Fsp3) is 0.562. The van der Waals surface area contributed by atoms with E-state index in [1.165, 1.54) is 0 Å². The van der Waals surface area contributed by atoms with Crippen molar-refractivity contribution in [2.45, 2.75) is 38.6 Å². The standard InChI is InChI=1S/C16H24N4O2/c1-11-8-12(5-6-15(21)18-2)9-13(19-11)14-4-3-7-20(14)16(22)10-17/h8-9,14H,3-7,10,17H2,1-2H3,(H,18,21). The number of amides is 2. The molecule has 0 radical (unpaired) electrons. The molecule has 6 nitrogen and oxygen atoms in total. The Morgan fingerprint density at radius 1 is 1.45 bits per heavy atom. The largest absolute Gasteiger partial charge is 0.359 e. The second-order valence-corrected chi connectivity index (χ2v) is 5.66. The summed E-state index contributed by atoms with van der Waals surface area (Å²) >= 11 is 0. The van der Waals surface area contributed by atoms with Gasteiger partial charge in [-0.15, -0.1) is 0 Å². The minimum absolute atomic E-state index is 0.00898. The van der Waals surface area contributed by atoms with Gasteiger partial charge in [-0.05, 0) is 43.9 Å². The van der Waals surface area contributed by atoms with Gasteiger partial charge in [0.25, 0.3) is 0 Å². The van der Waals surface area contributed by atoms with E-state index in [9.17, 15) is 9.59 Å². The number of nitrogens with one attached hydrogen (secondary N) is 1. The van der Waals surface area contributed by atoms with E-state index in [0.717, 1.165) is 36.3 Å². The zero-order chi connectivity index (χ0) is 16.1. The molecular formula is C16H24N4O2. The Kier molecular flexibility index (Phi) is 5.49. The van der Waals surface area contributed by atoms with Crippen molar-refractivity contribution >= 4 is 11.8 Å². The van der Waals surface area contributed by atoms with E-state index >= 15 is 0 Å². The Morgan fingerprint density at radius 3 is 2.91 bits per heavy atom. The second-order valence-electron chi connectivity index (χ2n) is 5.66. The van der Waals surface area contributed by atoms with Crippen molar-refractivity contribution in [1.29, 1.82) is 0 Å². The number of carbonyl (C=O) groups is 2. The van der Waals surface area contributed by atoms with Crippen LogP contribution >= 0.6 is 0 Å². The molecule has 1 saturated heterocycles. The van der Waals surface area contributed by atoms with Gasteiger partial charge < -0.3 is 16.0 Å². The van der Waals surface area contributed by atoms with Crippen molar-refractivity contribution in [2.24, 2.45) is 5.73 Å². The predicted molar refractivity (Wildman–Crippen MR) is 84.1 cm³/mol. The molecular weight excluding hydrogens is 280 g/mol. The number of rotatable bonds is 5. The molecule has 2 rings (SSSR count). The highest BCUT2D eigenvalue weighted by Gasteiger charge is 2.30. The summed E-state index contributed by atoms with van der Waals surface area (Å²) in [5.74, 6) is -0.00506. The molecule has 1 aliphatic heterocycles. The fourth-order valence-electron chi connectivity index (χ4n) is 2.96. The van der Waals surface area contributed by atoms with Crippen molar-refractivity contribution in [3.8, 4) is 0 Å². The van der Waals surface area contributed by atoms with Crippen LogP contribution in [0.1, 0.15) is 42.3 Å². The molecule has 2 heterocycles. The van der Waals surface area contributed by atoms with Crippen LogP contribution in [-0.2, 0) is 16.0 Å². The molecule has 0 saturated carbocycles. The molecule has 120 valence electrons. The number of aryl methyl sites for hydroxylation is 2. The van der Waals surface area contributed by atoms with Gasteiger partial charge in [0.05, 0.1) is 18.3 Å². The molecule has 22 heavy (non-hydrogen) atoms. The highest BCUT2D eigenvalue weighted by molar-refractivity contribution is 5.78. The third kappa shape index (κ3) is 3.82. The summed E-state index contributed by atoms with van der Waals surface area (Å²) in [6, 6.07) is 4.02. The maximum absolute atomic E-state index is 11.9. The molecule has 0 aliphatic carbocycles. The Labute approximate surface area is 131 Å². The first kappa shape index (κ1) is 16.4. The number of hydrogen-bond acceptors (Lipinski definition) is 4. The minimum Gasteiger partial charge on any atom is -0.359 e. The summed E-state index contributed by atoms with van der Waals surface area (Å²) in [6.45, 7) is 2.71. The minimum atomic E-state index is -0.0299. The van der Waals surface area contributed by atoms with Crippen molar-refractivity contribution < 1.29 is 9.59 Å². The molecule has 1 fully saturated rings. The smallest absolute Gasteiger partial charge is 0.236 e. The van der Waals surface area contributed by atoms with Gasteiger partial charge >= 0.3 is 0 Å². The maximum atomic E-state index is 11.9. The van der Waals surface area contributed by atoms with Crippen LogP contribution < -0.4 is 11.1 Å². The van der Waals surface area contributed by atoms with Gasteiger partial charge in [-0.25, -0.2) is 0 Å². The number of nitrogens with two attached hydrogens (primary N) is 1. The monoisotopic (exact) mass is 304 g/mol. The highest BCUT2D eigenvalue weighted by atomic mass is 16.2. The second kappa shape index (κ2) is 7.35. The maximum Gasteiger partial charge on any atom is 0.236 e. The molecule has 0 spiro atoms. The van der Waals surface area contributed by atoms with E-state index in [4.69, 9.17) is 5.73 Å². The van der Waals surface area contributed by atoms with Crippen molar-refractivity contribution in [3.05, 3.63) is 29.1 Å². The third-order valence-corrected chi connectivity index (χ3v) is 4.04. The molecule has 1 aromatic rings. The van der Waals surface area contributed by atoms with E-state index in [0.29, 0.717) is 12.8 Å². The molecule has 0 bridgehead atoms. The van der Waals surface area contributed by atoms with Gasteiger partial charge in [0.1, 0.15) is 0 Å². The molecule has 0 aromatic carbocycles. The van der Waals surface area contributed by atoms with Crippen LogP contribution in [0.25, 0.3) is 0 Å². The Morgan fingerprint density at radius 2 is 2.23 bits per heavy atom. The average molecular weight is 304 g/mol. The van der Waals surface area contributed by atoms with Crippen LogP contribution in [0.4, 0.5) is 0 Å². The van der Waals surface area contributed by atoms with E-state index in [-0.39, 0.29) is 24.4 Å². The number of hydrogen-bond donors (Lipinski definition) is 2. The zero-order valence-electron chi connectivity index (χ0n) is 13.3. The molecule has 1 atom stereocenters. The topological polar surface area (TPSA) is 88.3 Å². The van der Waals surface area contributed by atoms with Gasteiger partial charge in [-0.1, -0.05) is 0 Å². The number of carbonyl (C=O) groups excluding carboxylic acids is 2. The highest BCUT2D eigenvalue weighted by Crippen LogP contribution is 2.31. The molecule has 2 amide bonds. The first-order chi connectivity index (χ1) is 10.5. The van der Waals surface area contributed by atoms with E-state index < -0.39 is 0 Å². The van der Waals surface area contributed by atoms with Crippen molar-refractivity contribution in [3.63, 3.8) is 0 Å². The predicted octanol–water partition coefficient (Wildman–Crippen LogP) is 0.691. The van der Waals surface area contributed by atoms with Gasteiger partial charge in [0.15, 0.2) is 0 Å². The zero-order valence-corrected chi connectivity index (χ0v) is 13.3. The van der Waals surface area contributed by atoms with Crippen LogP contribution in [0.15, 0.2) is 12.1 Å². The van der Waals surface area contributed by atoms with E-state index in [1.54, 1.807) is 7.05 Å². The quantitative estimate of drug-likeness (QED) is 0.838.